The predicted octanol–water partition coefficient (Wildman–Crippen LogP) is -5.74. The first kappa shape index (κ1) is 30.9. The maximum Gasteiger partial charge on any atom is 1.00 e. The number of hydrogen-bond acceptors (Lipinski definition) is 7. The van der Waals surface area contributed by atoms with Crippen molar-refractivity contribution < 1.29 is 92.3 Å². The molecule has 0 aliphatic carbocycles. The summed E-state index contributed by atoms with van der Waals surface area (Å²) in [5.74, 6) is 0.592. The fourth-order valence-electron chi connectivity index (χ4n) is 1.87. The van der Waals surface area contributed by atoms with E-state index in [-0.39, 0.29) is 65.7 Å². The number of hydrogen-bond donors (Lipinski definition) is 2. The molecule has 0 aliphatic heterocycles. The van der Waals surface area contributed by atoms with Crippen molar-refractivity contribution in [2.24, 2.45) is 0 Å². The Bertz CT molecular complexity index is 660. The van der Waals surface area contributed by atoms with Gasteiger partial charge in [-0.2, -0.15) is 0 Å². The van der Waals surface area contributed by atoms with Crippen LogP contribution in [0.4, 0.5) is 0 Å². The molecule has 1 aromatic carbocycles. The molecule has 0 aliphatic rings. The van der Waals surface area contributed by atoms with Gasteiger partial charge in [0.05, 0.1) is 12.6 Å². The molecule has 0 saturated heterocycles. The minimum atomic E-state index is -4.69. The van der Waals surface area contributed by atoms with Gasteiger partial charge in [-0.1, -0.05) is 16.8 Å². The zero-order valence-electron chi connectivity index (χ0n) is 15.7. The van der Waals surface area contributed by atoms with Crippen LogP contribution in [-0.4, -0.2) is 52.6 Å². The van der Waals surface area contributed by atoms with E-state index in [0.29, 0.717) is 12.2 Å². The first-order valence-electron chi connectivity index (χ1n) is 7.05. The molecule has 0 bridgehead atoms. The molecule has 0 aromatic heterocycles. The van der Waals surface area contributed by atoms with Crippen LogP contribution >= 0.6 is 22.3 Å². The average Bonchev–Trinajstić information content (AvgIpc) is 2.42. The Labute approximate surface area is 209 Å². The van der Waals surface area contributed by atoms with Gasteiger partial charge in [-0.05, 0) is 24.1 Å². The van der Waals surface area contributed by atoms with E-state index in [1.807, 2.05) is 14.1 Å². The van der Waals surface area contributed by atoms with Gasteiger partial charge in [-0.3, -0.25) is 9.42 Å². The van der Waals surface area contributed by atoms with E-state index in [1.54, 1.807) is 28.9 Å². The van der Waals surface area contributed by atoms with E-state index >= 15 is 0 Å². The smallest absolute Gasteiger partial charge is 0.778 e. The fourth-order valence-corrected chi connectivity index (χ4v) is 4.24. The van der Waals surface area contributed by atoms with Gasteiger partial charge in [0.2, 0.25) is 11.8 Å². The second-order valence-electron chi connectivity index (χ2n) is 5.52. The molecule has 0 spiro atoms. The molecule has 27 heavy (non-hydrogen) atoms. The first-order valence-corrected chi connectivity index (χ1v) is 12.8. The largest absolute Gasteiger partial charge is 1.00 e. The molecule has 142 valence electrons. The van der Waals surface area contributed by atoms with Crippen LogP contribution in [0.1, 0.15) is 5.56 Å². The molecule has 0 heterocycles. The fraction of sp³-hybridized carbons (Fsp3) is 0.500. The van der Waals surface area contributed by atoms with Crippen LogP contribution in [0.3, 0.4) is 0 Å². The Morgan fingerprint density at radius 2 is 1.52 bits per heavy atom. The summed E-state index contributed by atoms with van der Waals surface area (Å²) in [7, 11) is -6.91. The monoisotopic (exact) mass is 475 g/mol. The molecule has 3 atom stereocenters. The van der Waals surface area contributed by atoms with Gasteiger partial charge in [0.25, 0.3) is 0 Å². The van der Waals surface area contributed by atoms with Crippen LogP contribution in [0, 0.1) is 0 Å². The van der Waals surface area contributed by atoms with Crippen LogP contribution < -0.4 is 73.4 Å². The molecule has 9 nitrogen and oxygen atoms in total. The summed E-state index contributed by atoms with van der Waals surface area (Å²) in [5.41, 5.74) is 0.799. The topological polar surface area (TPSA) is 136 Å². The first-order chi connectivity index (χ1) is 11.4. The summed E-state index contributed by atoms with van der Waals surface area (Å²) in [4.78, 5) is 40.7. The van der Waals surface area contributed by atoms with Crippen LogP contribution in [0.25, 0.3) is 0 Å². The SMILES string of the molecule is CN(C)[P+](=S)Oc1ccc(CCN(CP(=O)([O-])O)CP(=O)([O-])O)cc1.[Na+].[Na+]. The maximum atomic E-state index is 11.0. The van der Waals surface area contributed by atoms with Crippen molar-refractivity contribution in [2.75, 3.05) is 33.2 Å². The van der Waals surface area contributed by atoms with Gasteiger partial charge >= 0.3 is 66.2 Å². The van der Waals surface area contributed by atoms with Crippen molar-refractivity contribution >= 4 is 34.1 Å². The van der Waals surface area contributed by atoms with Gasteiger partial charge in [0.1, 0.15) is 15.2 Å². The van der Waals surface area contributed by atoms with E-state index in [0.717, 1.165) is 10.5 Å². The summed E-state index contributed by atoms with van der Waals surface area (Å²) >= 11 is 5.16. The summed E-state index contributed by atoms with van der Waals surface area (Å²) in [5, 5.41) is 0. The van der Waals surface area contributed by atoms with Crippen molar-refractivity contribution in [3.8, 4) is 5.75 Å². The third kappa shape index (κ3) is 15.2. The Kier molecular flexibility index (Phi) is 16.0. The second-order valence-corrected chi connectivity index (χ2v) is 11.0. The predicted molar refractivity (Wildman–Crippen MR) is 94.8 cm³/mol. The third-order valence-corrected chi connectivity index (χ3v) is 6.65. The molecular formula is C12H20N2Na2O7P3S+. The van der Waals surface area contributed by atoms with E-state index in [1.165, 1.54) is 0 Å². The van der Waals surface area contributed by atoms with Crippen molar-refractivity contribution in [3.05, 3.63) is 29.8 Å². The minimum absolute atomic E-state index is 0. The molecular weight excluding hydrogens is 455 g/mol. The molecule has 0 fully saturated rings. The number of rotatable bonds is 10. The number of nitrogens with zero attached hydrogens (tertiary/aromatic N) is 2. The molecule has 1 aromatic rings. The van der Waals surface area contributed by atoms with E-state index in [9.17, 15) is 18.9 Å². The van der Waals surface area contributed by atoms with Crippen molar-refractivity contribution in [1.82, 2.24) is 9.57 Å². The normalized spacial score (nSPS) is 15.9. The van der Waals surface area contributed by atoms with Crippen LogP contribution in [0.15, 0.2) is 24.3 Å². The van der Waals surface area contributed by atoms with Gasteiger partial charge < -0.3 is 28.7 Å². The average molecular weight is 475 g/mol. The standard InChI is InChI=1S/C12H21N2O7P3S.2Na/c1-13(2)22(25)21-12-5-3-11(4-6-12)7-8-14(9-23(15,16)17)10-24(18,19)20;;/h3-6H,7-10H2,1-2H3,(H3-,15,16,17,18,19,20);;/q;2*+1/p-1. The Morgan fingerprint density at radius 3 is 1.89 bits per heavy atom. The summed E-state index contributed by atoms with van der Waals surface area (Å²) in [6.45, 7) is 0.0191. The maximum absolute atomic E-state index is 11.0. The molecule has 0 amide bonds. The zero-order valence-corrected chi connectivity index (χ0v) is 23.2. The van der Waals surface area contributed by atoms with Crippen LogP contribution in [-0.2, 0) is 27.4 Å². The van der Waals surface area contributed by atoms with Gasteiger partial charge in [-0.25, -0.2) is 0 Å². The third-order valence-electron chi connectivity index (χ3n) is 2.91. The molecule has 0 radical (unpaired) electrons. The van der Waals surface area contributed by atoms with E-state index < -0.39 is 34.8 Å². The summed E-state index contributed by atoms with van der Waals surface area (Å²) in [6, 6.07) is 6.90. The van der Waals surface area contributed by atoms with E-state index in [2.05, 4.69) is 0 Å². The Hall–Kier alpha value is 1.76. The quantitative estimate of drug-likeness (QED) is 0.249. The molecule has 15 heteroatoms. The van der Waals surface area contributed by atoms with Crippen molar-refractivity contribution in [2.45, 2.75) is 6.42 Å². The minimum Gasteiger partial charge on any atom is -0.778 e. The van der Waals surface area contributed by atoms with Crippen LogP contribution in [0.2, 0.25) is 0 Å². The van der Waals surface area contributed by atoms with Crippen LogP contribution in [0.5, 0.6) is 5.75 Å². The van der Waals surface area contributed by atoms with Gasteiger partial charge in [0.15, 0.2) is 5.75 Å². The van der Waals surface area contributed by atoms with Gasteiger partial charge in [-0.15, -0.1) is 0 Å². The number of benzene rings is 1. The van der Waals surface area contributed by atoms with Crippen molar-refractivity contribution in [1.29, 1.82) is 0 Å². The summed E-state index contributed by atoms with van der Waals surface area (Å²) in [6.07, 6.45) is -1.40. The zero-order chi connectivity index (χ0) is 19.3. The van der Waals surface area contributed by atoms with E-state index in [4.69, 9.17) is 26.1 Å². The Balaban J connectivity index is 0. The molecule has 3 unspecified atom stereocenters. The molecule has 2 N–H and O–H groups in total. The summed E-state index contributed by atoms with van der Waals surface area (Å²) < 4.78 is 29.3. The Morgan fingerprint density at radius 1 is 1.07 bits per heavy atom. The molecule has 1 rings (SSSR count). The van der Waals surface area contributed by atoms with Gasteiger partial charge in [0, 0.05) is 20.6 Å². The second kappa shape index (κ2) is 13.9. The molecule has 0 saturated carbocycles. The van der Waals surface area contributed by atoms with Crippen molar-refractivity contribution in [3.63, 3.8) is 0 Å².